The molecule has 3 heteroatoms. The van der Waals surface area contributed by atoms with E-state index in [1.54, 1.807) is 0 Å². The monoisotopic (exact) mass is 277 g/mol. The number of nitrogens with one attached hydrogen (secondary N) is 1. The van der Waals surface area contributed by atoms with Crippen molar-refractivity contribution in [3.05, 3.63) is 65.6 Å². The molecule has 0 aliphatic carbocycles. The molecule has 0 saturated carbocycles. The van der Waals surface area contributed by atoms with Crippen LogP contribution < -0.4 is 5.32 Å². The first-order chi connectivity index (χ1) is 10.4. The normalized spacial score (nSPS) is 14.9. The number of fused-ring (bicyclic) bond motifs is 3. The summed E-state index contributed by atoms with van der Waals surface area (Å²) in [5.41, 5.74) is 5.57. The Morgan fingerprint density at radius 1 is 1.14 bits per heavy atom. The van der Waals surface area contributed by atoms with Gasteiger partial charge < -0.3 is 9.88 Å². The van der Waals surface area contributed by atoms with Gasteiger partial charge in [-0.25, -0.2) is 0 Å². The number of pyridine rings is 1. The number of nitrogens with zero attached hydrogens (tertiary/aromatic N) is 2. The smallest absolute Gasteiger partial charge is 0.0494 e. The first-order valence-corrected chi connectivity index (χ1v) is 7.62. The molecule has 1 N–H and O–H groups in total. The van der Waals surface area contributed by atoms with Crippen molar-refractivity contribution in [3.63, 3.8) is 0 Å². The molecule has 0 fully saturated rings. The molecular weight excluding hydrogens is 258 g/mol. The van der Waals surface area contributed by atoms with Gasteiger partial charge in [-0.1, -0.05) is 24.3 Å². The van der Waals surface area contributed by atoms with E-state index >= 15 is 0 Å². The summed E-state index contributed by atoms with van der Waals surface area (Å²) in [6, 6.07) is 12.9. The van der Waals surface area contributed by atoms with E-state index in [2.05, 4.69) is 45.2 Å². The minimum atomic E-state index is 0.906. The number of aromatic nitrogens is 2. The van der Waals surface area contributed by atoms with Crippen LogP contribution >= 0.6 is 0 Å². The molecule has 2 aromatic heterocycles. The van der Waals surface area contributed by atoms with E-state index in [-0.39, 0.29) is 0 Å². The average Bonchev–Trinajstić information content (AvgIpc) is 2.69. The van der Waals surface area contributed by atoms with Gasteiger partial charge in [-0.3, -0.25) is 4.98 Å². The van der Waals surface area contributed by atoms with Gasteiger partial charge in [0.15, 0.2) is 0 Å². The van der Waals surface area contributed by atoms with Crippen molar-refractivity contribution in [3.8, 4) is 0 Å². The average molecular weight is 277 g/mol. The van der Waals surface area contributed by atoms with Crippen LogP contribution in [0.5, 0.6) is 0 Å². The van der Waals surface area contributed by atoms with Crippen LogP contribution in [0.15, 0.2) is 48.8 Å². The zero-order chi connectivity index (χ0) is 14.1. The number of hydrogen-bond donors (Lipinski definition) is 1. The van der Waals surface area contributed by atoms with E-state index < -0.39 is 0 Å². The zero-order valence-corrected chi connectivity index (χ0v) is 12.0. The summed E-state index contributed by atoms with van der Waals surface area (Å²) in [6.45, 7) is 3.00. The van der Waals surface area contributed by atoms with E-state index in [4.69, 9.17) is 0 Å². The van der Waals surface area contributed by atoms with Crippen molar-refractivity contribution < 1.29 is 0 Å². The maximum atomic E-state index is 4.25. The van der Waals surface area contributed by atoms with Crippen LogP contribution in [0.1, 0.15) is 23.2 Å². The molecule has 1 aromatic carbocycles. The standard InChI is InChI=1S/C18H19N3/c1-2-7-17-15(6-1)16-12-20-10-4-8-18(16)21(17)13-14-5-3-9-19-11-14/h1-3,5-7,9,11,20H,4,8,10,12-13H2. The quantitative estimate of drug-likeness (QED) is 0.780. The second-order valence-corrected chi connectivity index (χ2v) is 5.67. The Morgan fingerprint density at radius 2 is 2.10 bits per heavy atom. The fourth-order valence-electron chi connectivity index (χ4n) is 3.36. The maximum absolute atomic E-state index is 4.25. The number of benzene rings is 1. The van der Waals surface area contributed by atoms with Crippen LogP contribution in [0.4, 0.5) is 0 Å². The van der Waals surface area contributed by atoms with Crippen LogP contribution in [0.2, 0.25) is 0 Å². The molecule has 0 spiro atoms. The van der Waals surface area contributed by atoms with E-state index in [1.165, 1.54) is 34.1 Å². The molecule has 0 unspecified atom stereocenters. The molecule has 1 aliphatic rings. The lowest BCUT2D eigenvalue weighted by atomic mass is 10.1. The molecule has 0 atom stereocenters. The highest BCUT2D eigenvalue weighted by Gasteiger charge is 2.18. The largest absolute Gasteiger partial charge is 0.340 e. The third-order valence-corrected chi connectivity index (χ3v) is 4.33. The third kappa shape index (κ3) is 2.24. The van der Waals surface area contributed by atoms with Gasteiger partial charge in [0.05, 0.1) is 0 Å². The Bertz CT molecular complexity index is 759. The van der Waals surface area contributed by atoms with Crippen molar-refractivity contribution in [1.82, 2.24) is 14.9 Å². The summed E-state index contributed by atoms with van der Waals surface area (Å²) in [6.07, 6.45) is 6.16. The highest BCUT2D eigenvalue weighted by molar-refractivity contribution is 5.85. The van der Waals surface area contributed by atoms with Crippen molar-refractivity contribution in [2.75, 3.05) is 6.54 Å². The summed E-state index contributed by atoms with van der Waals surface area (Å²) < 4.78 is 2.48. The lowest BCUT2D eigenvalue weighted by Crippen LogP contribution is -2.11. The summed E-state index contributed by atoms with van der Waals surface area (Å²) in [5, 5.41) is 4.94. The molecule has 4 rings (SSSR count). The first kappa shape index (κ1) is 12.6. The second kappa shape index (κ2) is 5.34. The Kier molecular flexibility index (Phi) is 3.20. The van der Waals surface area contributed by atoms with Crippen molar-refractivity contribution in [1.29, 1.82) is 0 Å². The number of rotatable bonds is 2. The molecule has 3 nitrogen and oxygen atoms in total. The summed E-state index contributed by atoms with van der Waals surface area (Å²) in [4.78, 5) is 4.25. The van der Waals surface area contributed by atoms with Crippen LogP contribution in [0.25, 0.3) is 10.9 Å². The minimum Gasteiger partial charge on any atom is -0.340 e. The SMILES string of the molecule is c1cncc(Cn2c3c(c4ccccc42)CNCCC3)c1. The molecule has 21 heavy (non-hydrogen) atoms. The van der Waals surface area contributed by atoms with Crippen molar-refractivity contribution >= 4 is 10.9 Å². The lowest BCUT2D eigenvalue weighted by molar-refractivity contribution is 0.673. The fourth-order valence-corrected chi connectivity index (χ4v) is 3.36. The van der Waals surface area contributed by atoms with E-state index in [0.717, 1.165) is 26.1 Å². The Balaban J connectivity index is 1.88. The topological polar surface area (TPSA) is 29.9 Å². The van der Waals surface area contributed by atoms with Gasteiger partial charge in [0.1, 0.15) is 0 Å². The molecule has 0 saturated heterocycles. The van der Waals surface area contributed by atoms with Gasteiger partial charge in [-0.05, 0) is 42.6 Å². The number of hydrogen-bond acceptors (Lipinski definition) is 2. The second-order valence-electron chi connectivity index (χ2n) is 5.67. The Hall–Kier alpha value is -2.13. The zero-order valence-electron chi connectivity index (χ0n) is 12.0. The van der Waals surface area contributed by atoms with Gasteiger partial charge >= 0.3 is 0 Å². The van der Waals surface area contributed by atoms with E-state index in [1.807, 2.05) is 18.5 Å². The van der Waals surface area contributed by atoms with Gasteiger partial charge in [-0.15, -0.1) is 0 Å². The highest BCUT2D eigenvalue weighted by atomic mass is 15.0. The first-order valence-electron chi connectivity index (χ1n) is 7.62. The van der Waals surface area contributed by atoms with Crippen LogP contribution in [0, 0.1) is 0 Å². The van der Waals surface area contributed by atoms with E-state index in [0.29, 0.717) is 0 Å². The molecule has 0 radical (unpaired) electrons. The highest BCUT2D eigenvalue weighted by Crippen LogP contribution is 2.29. The molecule has 3 aromatic rings. The molecule has 106 valence electrons. The third-order valence-electron chi connectivity index (χ3n) is 4.33. The summed E-state index contributed by atoms with van der Waals surface area (Å²) in [7, 11) is 0. The predicted octanol–water partition coefficient (Wildman–Crippen LogP) is 3.12. The van der Waals surface area contributed by atoms with Gasteiger partial charge in [-0.2, -0.15) is 0 Å². The predicted molar refractivity (Wildman–Crippen MR) is 85.3 cm³/mol. The number of para-hydroxylation sites is 1. The molecule has 0 amide bonds. The van der Waals surface area contributed by atoms with Crippen molar-refractivity contribution in [2.24, 2.45) is 0 Å². The summed E-state index contributed by atoms with van der Waals surface area (Å²) in [5.74, 6) is 0. The summed E-state index contributed by atoms with van der Waals surface area (Å²) >= 11 is 0. The molecule has 3 heterocycles. The van der Waals surface area contributed by atoms with Crippen LogP contribution in [-0.2, 0) is 19.5 Å². The Morgan fingerprint density at radius 3 is 3.00 bits per heavy atom. The van der Waals surface area contributed by atoms with Gasteiger partial charge in [0.25, 0.3) is 0 Å². The van der Waals surface area contributed by atoms with Crippen molar-refractivity contribution in [2.45, 2.75) is 25.9 Å². The molecule has 1 aliphatic heterocycles. The lowest BCUT2D eigenvalue weighted by Gasteiger charge is -2.10. The molecular formula is C18H19N3. The van der Waals surface area contributed by atoms with E-state index in [9.17, 15) is 0 Å². The van der Waals surface area contributed by atoms with Gasteiger partial charge in [0.2, 0.25) is 0 Å². The molecule has 0 bridgehead atoms. The Labute approximate surface area is 124 Å². The van der Waals surface area contributed by atoms with Crippen LogP contribution in [0.3, 0.4) is 0 Å². The van der Waals surface area contributed by atoms with Gasteiger partial charge in [0, 0.05) is 42.1 Å². The fraction of sp³-hybridized carbons (Fsp3) is 0.278. The van der Waals surface area contributed by atoms with Crippen LogP contribution in [-0.4, -0.2) is 16.1 Å². The minimum absolute atomic E-state index is 0.906. The maximum Gasteiger partial charge on any atom is 0.0494 e.